The Hall–Kier alpha value is -3.52. The van der Waals surface area contributed by atoms with Crippen LogP contribution in [0.1, 0.15) is 38.7 Å². The van der Waals surface area contributed by atoms with E-state index in [-0.39, 0.29) is 5.56 Å². The van der Waals surface area contributed by atoms with Gasteiger partial charge in [-0.1, -0.05) is 49.3 Å². The molecule has 32 heavy (non-hydrogen) atoms. The summed E-state index contributed by atoms with van der Waals surface area (Å²) >= 11 is 1.24. The van der Waals surface area contributed by atoms with E-state index in [4.69, 9.17) is 9.47 Å². The van der Waals surface area contributed by atoms with Crippen molar-refractivity contribution in [1.82, 2.24) is 14.6 Å². The van der Waals surface area contributed by atoms with Crippen molar-refractivity contribution in [1.29, 1.82) is 0 Å². The second-order valence-corrected chi connectivity index (χ2v) is 8.27. The van der Waals surface area contributed by atoms with E-state index in [9.17, 15) is 9.59 Å². The number of carbonyl (C=O) groups is 1. The van der Waals surface area contributed by atoms with Crippen molar-refractivity contribution >= 4 is 28.3 Å². The second kappa shape index (κ2) is 9.74. The summed E-state index contributed by atoms with van der Waals surface area (Å²) in [6.07, 6.45) is 5.03. The number of thiazole rings is 1. The first-order valence-corrected chi connectivity index (χ1v) is 11.3. The average molecular weight is 450 g/mol. The molecule has 164 valence electrons. The fourth-order valence-electron chi connectivity index (χ4n) is 3.19. The fraction of sp³-hybridized carbons (Fsp3) is 0.250. The molecule has 0 aliphatic carbocycles. The van der Waals surface area contributed by atoms with Crippen molar-refractivity contribution in [2.75, 3.05) is 6.61 Å². The number of aromatic nitrogens is 3. The number of para-hydroxylation sites is 1. The summed E-state index contributed by atoms with van der Waals surface area (Å²) in [5.41, 5.74) is 1.18. The van der Waals surface area contributed by atoms with Crippen LogP contribution in [0.2, 0.25) is 0 Å². The quantitative estimate of drug-likeness (QED) is 0.231. The lowest BCUT2D eigenvalue weighted by Gasteiger charge is -2.05. The van der Waals surface area contributed by atoms with Gasteiger partial charge in [0.2, 0.25) is 4.96 Å². The summed E-state index contributed by atoms with van der Waals surface area (Å²) in [4.78, 5) is 29.2. The predicted octanol–water partition coefficient (Wildman–Crippen LogP) is 3.86. The van der Waals surface area contributed by atoms with Gasteiger partial charge >= 0.3 is 5.97 Å². The van der Waals surface area contributed by atoms with Gasteiger partial charge in [0, 0.05) is 18.1 Å². The van der Waals surface area contributed by atoms with Crippen LogP contribution in [0.25, 0.3) is 22.4 Å². The minimum atomic E-state index is -0.419. The molecule has 2 heterocycles. The number of fused-ring (bicyclic) bond motifs is 1. The van der Waals surface area contributed by atoms with Gasteiger partial charge in [-0.3, -0.25) is 9.59 Å². The van der Waals surface area contributed by atoms with Crippen LogP contribution >= 0.6 is 11.3 Å². The van der Waals surface area contributed by atoms with E-state index in [2.05, 4.69) is 17.0 Å². The first kappa shape index (κ1) is 21.7. The van der Waals surface area contributed by atoms with Gasteiger partial charge in [0.05, 0.1) is 11.1 Å². The van der Waals surface area contributed by atoms with Crippen LogP contribution in [-0.4, -0.2) is 27.2 Å². The first-order chi connectivity index (χ1) is 15.5. The molecule has 0 atom stereocenters. The lowest BCUT2D eigenvalue weighted by atomic mass is 10.2. The minimum Gasteiger partial charge on any atom is -0.494 e. The maximum absolute atomic E-state index is 12.8. The number of carbonyl (C=O) groups excluding carboxylic acids is 1. The summed E-state index contributed by atoms with van der Waals surface area (Å²) in [5, 5.41) is 4.39. The van der Waals surface area contributed by atoms with Crippen molar-refractivity contribution < 1.29 is 14.3 Å². The van der Waals surface area contributed by atoms with E-state index >= 15 is 0 Å². The van der Waals surface area contributed by atoms with Crippen LogP contribution in [0.5, 0.6) is 11.5 Å². The van der Waals surface area contributed by atoms with Gasteiger partial charge in [-0.15, -0.1) is 5.10 Å². The zero-order valence-corrected chi connectivity index (χ0v) is 18.7. The highest BCUT2D eigenvalue weighted by molar-refractivity contribution is 7.15. The molecule has 0 N–H and O–H groups in total. The highest BCUT2D eigenvalue weighted by atomic mass is 32.1. The van der Waals surface area contributed by atoms with Gasteiger partial charge in [-0.25, -0.2) is 0 Å². The third kappa shape index (κ3) is 4.86. The maximum atomic E-state index is 12.8. The van der Waals surface area contributed by atoms with E-state index in [0.717, 1.165) is 30.6 Å². The average Bonchev–Trinajstić information content (AvgIpc) is 3.32. The Balaban J connectivity index is 1.58. The standard InChI is InChI=1S/C24H23N3O4S/c1-3-4-7-14-30-19-12-10-17(11-13-19)22-25-24-27(26-22)23(29)21(32-24)15-18-8-5-6-9-20(18)31-16(2)28/h5-6,8-13,15H,3-4,7,14H2,1-2H3/b21-15-. The SMILES string of the molecule is CCCCCOc1ccc(-c2nc3s/c(=C\c4ccccc4OC(C)=O)c(=O)n3n2)cc1. The maximum Gasteiger partial charge on any atom is 0.308 e. The predicted molar refractivity (Wildman–Crippen MR) is 124 cm³/mol. The Kier molecular flexibility index (Phi) is 6.61. The number of hydrogen-bond acceptors (Lipinski definition) is 7. The van der Waals surface area contributed by atoms with Gasteiger partial charge in [0.25, 0.3) is 5.56 Å². The largest absolute Gasteiger partial charge is 0.494 e. The number of ether oxygens (including phenoxy) is 2. The second-order valence-electron chi connectivity index (χ2n) is 7.26. The van der Waals surface area contributed by atoms with Gasteiger partial charge < -0.3 is 9.47 Å². The number of rotatable bonds is 8. The molecular formula is C24H23N3O4S. The number of unbranched alkanes of at least 4 members (excludes halogenated alkanes) is 2. The zero-order valence-electron chi connectivity index (χ0n) is 17.9. The van der Waals surface area contributed by atoms with E-state index < -0.39 is 5.97 Å². The monoisotopic (exact) mass is 449 g/mol. The first-order valence-electron chi connectivity index (χ1n) is 10.5. The summed E-state index contributed by atoms with van der Waals surface area (Å²) in [6.45, 7) is 4.20. The molecule has 8 heteroatoms. The lowest BCUT2D eigenvalue weighted by Crippen LogP contribution is -2.23. The van der Waals surface area contributed by atoms with Crippen LogP contribution in [0, 0.1) is 0 Å². The number of nitrogens with zero attached hydrogens (tertiary/aromatic N) is 3. The molecule has 2 aromatic carbocycles. The summed E-state index contributed by atoms with van der Waals surface area (Å²) in [7, 11) is 0. The lowest BCUT2D eigenvalue weighted by molar-refractivity contribution is -0.131. The molecule has 0 saturated carbocycles. The van der Waals surface area contributed by atoms with Gasteiger partial charge in [-0.05, 0) is 42.8 Å². The van der Waals surface area contributed by atoms with Crippen LogP contribution in [0.3, 0.4) is 0 Å². The van der Waals surface area contributed by atoms with Crippen LogP contribution in [0.15, 0.2) is 53.3 Å². The van der Waals surface area contributed by atoms with E-state index in [1.54, 1.807) is 24.3 Å². The Morgan fingerprint density at radius 2 is 1.91 bits per heavy atom. The minimum absolute atomic E-state index is 0.266. The molecule has 4 aromatic rings. The van der Waals surface area contributed by atoms with Crippen molar-refractivity contribution in [2.45, 2.75) is 33.1 Å². The molecule has 0 saturated heterocycles. The molecule has 7 nitrogen and oxygen atoms in total. The van der Waals surface area contributed by atoms with Crippen molar-refractivity contribution in [2.24, 2.45) is 0 Å². The molecule has 0 unspecified atom stereocenters. The molecule has 0 aliphatic rings. The Labute approximate surface area is 188 Å². The van der Waals surface area contributed by atoms with Crippen molar-refractivity contribution in [3.8, 4) is 22.9 Å². The molecule has 0 radical (unpaired) electrons. The molecule has 2 aromatic heterocycles. The molecular weight excluding hydrogens is 426 g/mol. The van der Waals surface area contributed by atoms with Crippen molar-refractivity contribution in [3.05, 3.63) is 69.0 Å². The van der Waals surface area contributed by atoms with E-state index in [1.165, 1.54) is 22.8 Å². The van der Waals surface area contributed by atoms with Crippen molar-refractivity contribution in [3.63, 3.8) is 0 Å². The highest BCUT2D eigenvalue weighted by Crippen LogP contribution is 2.21. The third-order valence-electron chi connectivity index (χ3n) is 4.77. The van der Waals surface area contributed by atoms with Gasteiger partial charge in [0.1, 0.15) is 11.5 Å². The Morgan fingerprint density at radius 3 is 2.62 bits per heavy atom. The normalized spacial score (nSPS) is 11.8. The summed E-state index contributed by atoms with van der Waals surface area (Å²) in [6, 6.07) is 14.6. The molecule has 0 aliphatic heterocycles. The molecule has 0 spiro atoms. The zero-order chi connectivity index (χ0) is 22.5. The number of esters is 1. The summed E-state index contributed by atoms with van der Waals surface area (Å²) in [5.74, 6) is 1.27. The van der Waals surface area contributed by atoms with E-state index in [0.29, 0.717) is 33.2 Å². The highest BCUT2D eigenvalue weighted by Gasteiger charge is 2.13. The van der Waals surface area contributed by atoms with Crippen LogP contribution in [-0.2, 0) is 4.79 Å². The molecule has 0 amide bonds. The van der Waals surface area contributed by atoms with Crippen LogP contribution in [0.4, 0.5) is 0 Å². The number of benzene rings is 2. The summed E-state index contributed by atoms with van der Waals surface area (Å²) < 4.78 is 12.7. The third-order valence-corrected chi connectivity index (χ3v) is 5.73. The van der Waals surface area contributed by atoms with E-state index in [1.807, 2.05) is 30.3 Å². The molecule has 4 rings (SSSR count). The fourth-order valence-corrected chi connectivity index (χ4v) is 4.09. The van der Waals surface area contributed by atoms with Gasteiger partial charge in [-0.2, -0.15) is 9.50 Å². The van der Waals surface area contributed by atoms with Crippen LogP contribution < -0.4 is 19.6 Å². The Morgan fingerprint density at radius 1 is 1.12 bits per heavy atom. The van der Waals surface area contributed by atoms with Gasteiger partial charge in [0.15, 0.2) is 5.82 Å². The molecule has 0 fully saturated rings. The number of hydrogen-bond donors (Lipinski definition) is 0. The smallest absolute Gasteiger partial charge is 0.308 e. The molecule has 0 bridgehead atoms. The topological polar surface area (TPSA) is 82.8 Å². The Bertz CT molecular complexity index is 1340.